The largest absolute Gasteiger partial charge is 0.481 e. The Bertz CT molecular complexity index is 774. The molecule has 1 aliphatic heterocycles. The first-order chi connectivity index (χ1) is 13.1. The van der Waals surface area contributed by atoms with Crippen molar-refractivity contribution in [3.8, 4) is 0 Å². The fourth-order valence-electron chi connectivity index (χ4n) is 3.14. The molecule has 0 aliphatic carbocycles. The van der Waals surface area contributed by atoms with Crippen LogP contribution in [0.2, 0.25) is 0 Å². The third-order valence-electron chi connectivity index (χ3n) is 4.55. The summed E-state index contributed by atoms with van der Waals surface area (Å²) in [5.41, 5.74) is 1.61. The number of carbonyl (C=O) groups excluding carboxylic acids is 1. The lowest BCUT2D eigenvalue weighted by Gasteiger charge is -2.34. The monoisotopic (exact) mass is 368 g/mol. The lowest BCUT2D eigenvalue weighted by molar-refractivity contribution is -0.137. The number of nitrogens with zero attached hydrogens (tertiary/aromatic N) is 3. The van der Waals surface area contributed by atoms with Gasteiger partial charge in [-0.2, -0.15) is 0 Å². The molecule has 1 aliphatic rings. The van der Waals surface area contributed by atoms with Gasteiger partial charge in [-0.15, -0.1) is 0 Å². The van der Waals surface area contributed by atoms with E-state index in [1.54, 1.807) is 6.20 Å². The number of rotatable bonds is 7. The molecule has 0 radical (unpaired) electrons. The molecule has 0 atom stereocenters. The summed E-state index contributed by atoms with van der Waals surface area (Å²) >= 11 is 0. The molecule has 7 heteroatoms. The summed E-state index contributed by atoms with van der Waals surface area (Å²) in [6, 6.07) is 13.2. The van der Waals surface area contributed by atoms with Crippen LogP contribution in [0.15, 0.2) is 48.7 Å². The van der Waals surface area contributed by atoms with E-state index in [1.165, 1.54) is 0 Å². The van der Waals surface area contributed by atoms with Crippen LogP contribution >= 0.6 is 0 Å². The van der Waals surface area contributed by atoms with Gasteiger partial charge >= 0.3 is 5.97 Å². The predicted octanol–water partition coefficient (Wildman–Crippen LogP) is 1.86. The Morgan fingerprint density at radius 2 is 1.89 bits per heavy atom. The van der Waals surface area contributed by atoms with Gasteiger partial charge < -0.3 is 15.3 Å². The molecule has 2 aromatic rings. The number of aromatic nitrogens is 1. The van der Waals surface area contributed by atoms with Crippen LogP contribution in [0, 0.1) is 0 Å². The van der Waals surface area contributed by atoms with Gasteiger partial charge in [0.2, 0.25) is 5.91 Å². The number of nitrogens with one attached hydrogen (secondary N) is 1. The van der Waals surface area contributed by atoms with Crippen molar-refractivity contribution in [1.82, 2.24) is 9.88 Å². The van der Waals surface area contributed by atoms with Crippen LogP contribution in [-0.4, -0.2) is 59.6 Å². The number of carboxylic acids is 1. The average molecular weight is 368 g/mol. The zero-order valence-corrected chi connectivity index (χ0v) is 15.2. The highest BCUT2D eigenvalue weighted by Gasteiger charge is 2.19. The molecule has 2 N–H and O–H groups in total. The lowest BCUT2D eigenvalue weighted by Crippen LogP contribution is -2.48. The van der Waals surface area contributed by atoms with E-state index in [2.05, 4.69) is 20.1 Å². The fourth-order valence-corrected chi connectivity index (χ4v) is 3.14. The Balaban J connectivity index is 1.46. The molecule has 142 valence electrons. The molecule has 7 nitrogen and oxygen atoms in total. The predicted molar refractivity (Wildman–Crippen MR) is 104 cm³/mol. The van der Waals surface area contributed by atoms with Crippen LogP contribution < -0.4 is 10.2 Å². The molecule has 2 heterocycles. The summed E-state index contributed by atoms with van der Waals surface area (Å²) in [5, 5.41) is 11.7. The van der Waals surface area contributed by atoms with Crippen molar-refractivity contribution < 1.29 is 14.7 Å². The van der Waals surface area contributed by atoms with Crippen LogP contribution in [0.1, 0.15) is 12.0 Å². The summed E-state index contributed by atoms with van der Waals surface area (Å²) in [7, 11) is 0. The van der Waals surface area contributed by atoms with Crippen molar-refractivity contribution in [2.45, 2.75) is 12.8 Å². The molecule has 3 rings (SSSR count). The maximum Gasteiger partial charge on any atom is 0.303 e. The van der Waals surface area contributed by atoms with Crippen molar-refractivity contribution in [1.29, 1.82) is 0 Å². The Labute approximate surface area is 158 Å². The van der Waals surface area contributed by atoms with E-state index < -0.39 is 5.97 Å². The number of aryl methyl sites for hydroxylation is 1. The Kier molecular flexibility index (Phi) is 6.38. The highest BCUT2D eigenvalue weighted by atomic mass is 16.4. The molecule has 1 amide bonds. The van der Waals surface area contributed by atoms with Gasteiger partial charge in [-0.1, -0.05) is 18.2 Å². The summed E-state index contributed by atoms with van der Waals surface area (Å²) in [6.45, 7) is 3.64. The van der Waals surface area contributed by atoms with Crippen LogP contribution in [0.25, 0.3) is 0 Å². The highest BCUT2D eigenvalue weighted by molar-refractivity contribution is 5.92. The van der Waals surface area contributed by atoms with Crippen molar-refractivity contribution in [3.63, 3.8) is 0 Å². The summed E-state index contributed by atoms with van der Waals surface area (Å²) in [4.78, 5) is 31.7. The first-order valence-corrected chi connectivity index (χ1v) is 9.09. The third-order valence-corrected chi connectivity index (χ3v) is 4.55. The quantitative estimate of drug-likeness (QED) is 0.776. The van der Waals surface area contributed by atoms with Gasteiger partial charge in [0.05, 0.1) is 6.54 Å². The van der Waals surface area contributed by atoms with Gasteiger partial charge in [0.25, 0.3) is 0 Å². The summed E-state index contributed by atoms with van der Waals surface area (Å²) in [5.74, 6) is 0.0886. The number of aliphatic carboxylic acids is 1. The number of hydrogen-bond acceptors (Lipinski definition) is 5. The smallest absolute Gasteiger partial charge is 0.303 e. The van der Waals surface area contributed by atoms with Gasteiger partial charge in [-0.05, 0) is 36.2 Å². The minimum absolute atomic E-state index is 0.0586. The fraction of sp³-hybridized carbons (Fsp3) is 0.350. The summed E-state index contributed by atoms with van der Waals surface area (Å²) in [6.07, 6.45) is 2.33. The summed E-state index contributed by atoms with van der Waals surface area (Å²) < 4.78 is 0. The van der Waals surface area contributed by atoms with Crippen molar-refractivity contribution in [2.24, 2.45) is 0 Å². The van der Waals surface area contributed by atoms with Gasteiger partial charge in [-0.25, -0.2) is 4.98 Å². The molecule has 1 aromatic carbocycles. The minimum atomic E-state index is -0.825. The van der Waals surface area contributed by atoms with E-state index in [-0.39, 0.29) is 12.3 Å². The molecule has 1 fully saturated rings. The van der Waals surface area contributed by atoms with E-state index in [0.29, 0.717) is 18.7 Å². The Morgan fingerprint density at radius 3 is 2.59 bits per heavy atom. The van der Waals surface area contributed by atoms with Crippen LogP contribution in [0.3, 0.4) is 0 Å². The molecule has 1 aromatic heterocycles. The maximum absolute atomic E-state index is 12.3. The average Bonchev–Trinajstić information content (AvgIpc) is 2.68. The molecule has 0 unspecified atom stereocenters. The van der Waals surface area contributed by atoms with Gasteiger partial charge in [-0.3, -0.25) is 14.5 Å². The second-order valence-corrected chi connectivity index (χ2v) is 6.59. The van der Waals surface area contributed by atoms with Gasteiger partial charge in [0.15, 0.2) is 0 Å². The Morgan fingerprint density at radius 1 is 1.07 bits per heavy atom. The topological polar surface area (TPSA) is 85.8 Å². The number of piperazine rings is 1. The zero-order valence-electron chi connectivity index (χ0n) is 15.2. The minimum Gasteiger partial charge on any atom is -0.481 e. The van der Waals surface area contributed by atoms with E-state index in [1.807, 2.05) is 42.5 Å². The van der Waals surface area contributed by atoms with E-state index in [4.69, 9.17) is 5.11 Å². The van der Waals surface area contributed by atoms with Crippen molar-refractivity contribution in [2.75, 3.05) is 42.9 Å². The number of anilines is 2. The van der Waals surface area contributed by atoms with Crippen LogP contribution in [0.5, 0.6) is 0 Å². The molecular formula is C20H24N4O3. The lowest BCUT2D eigenvalue weighted by atomic mass is 10.1. The number of carbonyl (C=O) groups is 2. The van der Waals surface area contributed by atoms with E-state index >= 15 is 0 Å². The number of pyridine rings is 1. The van der Waals surface area contributed by atoms with Crippen LogP contribution in [0.4, 0.5) is 11.5 Å². The number of carboxylic acid groups (broad SMARTS) is 1. The van der Waals surface area contributed by atoms with E-state index in [9.17, 15) is 9.59 Å². The highest BCUT2D eigenvalue weighted by Crippen LogP contribution is 2.14. The molecule has 0 bridgehead atoms. The number of hydrogen-bond donors (Lipinski definition) is 2. The zero-order chi connectivity index (χ0) is 19.1. The maximum atomic E-state index is 12.3. The number of amides is 1. The first-order valence-electron chi connectivity index (χ1n) is 9.09. The molecular weight excluding hydrogens is 344 g/mol. The Hall–Kier alpha value is -2.93. The number of benzene rings is 1. The second-order valence-electron chi connectivity index (χ2n) is 6.59. The normalized spacial score (nSPS) is 14.7. The van der Waals surface area contributed by atoms with Crippen LogP contribution in [-0.2, 0) is 16.0 Å². The third kappa shape index (κ3) is 5.79. The standard InChI is InChI=1S/C20H24N4O3/c25-19(22-17-5-3-4-16(14-17)7-8-20(26)27)15-23-10-12-24(13-11-23)18-6-1-2-9-21-18/h1-6,9,14H,7-8,10-13,15H2,(H,22,25)(H,26,27). The first kappa shape index (κ1) is 18.8. The van der Waals surface area contributed by atoms with Crippen molar-refractivity contribution >= 4 is 23.4 Å². The van der Waals surface area contributed by atoms with E-state index in [0.717, 1.165) is 37.6 Å². The molecule has 0 saturated carbocycles. The van der Waals surface area contributed by atoms with Crippen molar-refractivity contribution in [3.05, 3.63) is 54.2 Å². The SMILES string of the molecule is O=C(O)CCc1cccc(NC(=O)CN2CCN(c3ccccn3)CC2)c1. The second kappa shape index (κ2) is 9.14. The molecule has 0 spiro atoms. The van der Waals surface area contributed by atoms with Gasteiger partial charge in [0, 0.05) is 44.5 Å². The van der Waals surface area contributed by atoms with Gasteiger partial charge in [0.1, 0.15) is 5.82 Å². The molecule has 27 heavy (non-hydrogen) atoms. The molecule has 1 saturated heterocycles.